The smallest absolute Gasteiger partial charge is 0.256 e. The van der Waals surface area contributed by atoms with Crippen molar-refractivity contribution in [2.75, 3.05) is 0 Å². The molecule has 8 heterocycles. The Kier molecular flexibility index (Phi) is 6.42. The number of ether oxygens (including phenoxy) is 2. The molecule has 0 unspecified atom stereocenters. The molecule has 7 aromatic carbocycles. The van der Waals surface area contributed by atoms with Crippen LogP contribution in [-0.4, -0.2) is 32.5 Å². The lowest BCUT2D eigenvalue weighted by Gasteiger charge is -2.39. The average molecular weight is 805 g/mol. The zero-order chi connectivity index (χ0) is 41.2. The third-order valence-electron chi connectivity index (χ3n) is 14.4. The van der Waals surface area contributed by atoms with Crippen molar-refractivity contribution < 1.29 is 9.47 Å². The van der Waals surface area contributed by atoms with Gasteiger partial charge in [-0.25, -0.2) is 0 Å². The van der Waals surface area contributed by atoms with Crippen LogP contribution in [0.2, 0.25) is 0 Å². The third kappa shape index (κ3) is 4.16. The fourth-order valence-corrected chi connectivity index (χ4v) is 12.0. The first-order valence-corrected chi connectivity index (χ1v) is 21.9. The van der Waals surface area contributed by atoms with Gasteiger partial charge in [0.25, 0.3) is 13.4 Å². The fraction of sp³-hybridized carbons (Fsp3) is 0.0545. The summed E-state index contributed by atoms with van der Waals surface area (Å²) in [6.45, 7) is 4.41. The van der Waals surface area contributed by atoms with Gasteiger partial charge in [-0.3, -0.25) is 9.97 Å². The van der Waals surface area contributed by atoms with Crippen molar-refractivity contribution in [1.29, 1.82) is 0 Å². The first kappa shape index (κ1) is 33.8. The van der Waals surface area contributed by atoms with Crippen LogP contribution < -0.4 is 42.3 Å². The molecule has 0 saturated heterocycles. The molecular weight excluding hydrogens is 770 g/mol. The molecule has 0 N–H and O–H groups in total. The zero-order valence-electron chi connectivity index (χ0n) is 34.4. The molecule has 0 amide bonds. The quantitative estimate of drug-likeness (QED) is 0.168. The summed E-state index contributed by atoms with van der Waals surface area (Å²) in [5.41, 5.74) is 20.1. The van der Waals surface area contributed by atoms with Gasteiger partial charge in [-0.1, -0.05) is 92.7 Å². The van der Waals surface area contributed by atoms with Crippen LogP contribution in [0, 0.1) is 0 Å². The van der Waals surface area contributed by atoms with E-state index in [1.54, 1.807) is 0 Å². The van der Waals surface area contributed by atoms with Crippen LogP contribution in [0.5, 0.6) is 23.0 Å². The van der Waals surface area contributed by atoms with Crippen molar-refractivity contribution in [1.82, 2.24) is 19.1 Å². The Morgan fingerprint density at radius 3 is 1.37 bits per heavy atom. The van der Waals surface area contributed by atoms with Crippen LogP contribution in [0.4, 0.5) is 0 Å². The second-order valence-corrected chi connectivity index (χ2v) is 17.8. The summed E-state index contributed by atoms with van der Waals surface area (Å²) >= 11 is 0. The highest BCUT2D eigenvalue weighted by Crippen LogP contribution is 2.49. The molecule has 6 nitrogen and oxygen atoms in total. The van der Waals surface area contributed by atoms with Crippen LogP contribution in [0.3, 0.4) is 0 Å². The van der Waals surface area contributed by atoms with Gasteiger partial charge in [0, 0.05) is 63.3 Å². The molecule has 0 aliphatic carbocycles. The van der Waals surface area contributed by atoms with E-state index in [1.807, 2.05) is 24.8 Å². The van der Waals surface area contributed by atoms with Gasteiger partial charge in [0.15, 0.2) is 0 Å². The predicted molar refractivity (Wildman–Crippen MR) is 258 cm³/mol. The van der Waals surface area contributed by atoms with Crippen molar-refractivity contribution in [2.45, 2.75) is 19.8 Å². The van der Waals surface area contributed by atoms with Crippen LogP contribution in [0.1, 0.15) is 25.3 Å². The first-order chi connectivity index (χ1) is 31.1. The van der Waals surface area contributed by atoms with Crippen LogP contribution in [0.15, 0.2) is 164 Å². The number of hydrogen-bond donors (Lipinski definition) is 0. The topological polar surface area (TPSA) is 54.1 Å². The van der Waals surface area contributed by atoms with E-state index in [2.05, 4.69) is 172 Å². The Bertz CT molecular complexity index is 3610. The summed E-state index contributed by atoms with van der Waals surface area (Å²) in [5, 5.41) is 4.93. The van der Waals surface area contributed by atoms with E-state index in [0.29, 0.717) is 0 Å². The Morgan fingerprint density at radius 1 is 0.476 bits per heavy atom. The van der Waals surface area contributed by atoms with E-state index in [9.17, 15) is 0 Å². The Balaban J connectivity index is 1.08. The van der Waals surface area contributed by atoms with Crippen molar-refractivity contribution >= 4 is 89.8 Å². The molecule has 63 heavy (non-hydrogen) atoms. The summed E-state index contributed by atoms with van der Waals surface area (Å²) in [5.74, 6) is 3.66. The monoisotopic (exact) mass is 804 g/mol. The SMILES string of the molecule is CC(C)c1c2c(cc3c1Oc1cc(-c4ccncc4)c4c5ccccc5n5c4c1B3c1ccccc1-5)B1c3ccccc3-n3c4ccccc4c4c(-c5ccncc5)cc(c1c43)O2. The highest BCUT2D eigenvalue weighted by atomic mass is 16.5. The molecule has 4 aromatic heterocycles. The number of pyridine rings is 2. The van der Waals surface area contributed by atoms with Gasteiger partial charge < -0.3 is 18.6 Å². The maximum atomic E-state index is 7.50. The Labute approximate surface area is 363 Å². The van der Waals surface area contributed by atoms with E-state index >= 15 is 0 Å². The van der Waals surface area contributed by atoms with Gasteiger partial charge in [-0.15, -0.1) is 0 Å². The molecule has 0 bridgehead atoms. The van der Waals surface area contributed by atoms with E-state index in [0.717, 1.165) is 50.8 Å². The van der Waals surface area contributed by atoms with Gasteiger partial charge in [-0.05, 0) is 122 Å². The molecule has 15 rings (SSSR count). The van der Waals surface area contributed by atoms with Crippen molar-refractivity contribution in [3.05, 3.63) is 170 Å². The minimum absolute atomic E-state index is 0.0747. The molecule has 0 saturated carbocycles. The molecule has 0 atom stereocenters. The normalized spacial score (nSPS) is 13.6. The Hall–Kier alpha value is -7.83. The van der Waals surface area contributed by atoms with Gasteiger partial charge in [0.2, 0.25) is 0 Å². The highest BCUT2D eigenvalue weighted by molar-refractivity contribution is 7.02. The van der Waals surface area contributed by atoms with Gasteiger partial charge in [0.05, 0.1) is 22.1 Å². The maximum absolute atomic E-state index is 7.50. The van der Waals surface area contributed by atoms with E-state index in [-0.39, 0.29) is 19.3 Å². The molecular formula is C55H34B2N4O2. The van der Waals surface area contributed by atoms with Gasteiger partial charge in [0.1, 0.15) is 23.0 Å². The van der Waals surface area contributed by atoms with Crippen molar-refractivity contribution in [3.63, 3.8) is 0 Å². The van der Waals surface area contributed by atoms with Crippen molar-refractivity contribution in [3.8, 4) is 56.6 Å². The van der Waals surface area contributed by atoms with E-state index < -0.39 is 0 Å². The van der Waals surface area contributed by atoms with Gasteiger partial charge in [-0.2, -0.15) is 0 Å². The summed E-state index contributed by atoms with van der Waals surface area (Å²) in [4.78, 5) is 8.81. The largest absolute Gasteiger partial charge is 0.458 e. The minimum atomic E-state index is -0.0747. The van der Waals surface area contributed by atoms with E-state index in [1.165, 1.54) is 87.8 Å². The number of rotatable bonds is 3. The number of hydrogen-bond acceptors (Lipinski definition) is 4. The summed E-state index contributed by atoms with van der Waals surface area (Å²) in [6, 6.07) is 51.2. The molecule has 11 aromatic rings. The molecule has 292 valence electrons. The predicted octanol–water partition coefficient (Wildman–Crippen LogP) is 9.00. The minimum Gasteiger partial charge on any atom is -0.458 e. The summed E-state index contributed by atoms with van der Waals surface area (Å²) < 4.78 is 20.0. The second-order valence-electron chi connectivity index (χ2n) is 17.8. The number of aromatic nitrogens is 4. The first-order valence-electron chi connectivity index (χ1n) is 21.9. The Morgan fingerprint density at radius 2 is 0.905 bits per heavy atom. The lowest BCUT2D eigenvalue weighted by atomic mass is 9.31. The molecule has 0 radical (unpaired) electrons. The molecule has 4 aliphatic rings. The standard InChI is InChI=1S/C55H34B2N4O2/c1-30(2)47-54-39(56-37-13-5-9-17-43(37)60-41-15-7-3-11-33(41)48-35(31-19-23-58-24-20-31)27-45(62-54)50(56)52(48)60)29-40-55(47)63-46-28-36(32-21-25-59-26-22-32)49-34-12-4-8-16-42(34)61-44-18-10-6-14-38(44)57(40)51(46)53(49)61/h3-30H,1-2H3. The van der Waals surface area contributed by atoms with Gasteiger partial charge >= 0.3 is 0 Å². The number of para-hydroxylation sites is 4. The lowest BCUT2D eigenvalue weighted by Crippen LogP contribution is -2.62. The van der Waals surface area contributed by atoms with Crippen molar-refractivity contribution in [2.24, 2.45) is 0 Å². The number of nitrogens with zero attached hydrogens (tertiary/aromatic N) is 4. The summed E-state index contributed by atoms with van der Waals surface area (Å²) in [7, 11) is 0. The number of benzene rings is 7. The maximum Gasteiger partial charge on any atom is 0.256 e. The second kappa shape index (κ2) is 12.0. The molecule has 4 aliphatic heterocycles. The van der Waals surface area contributed by atoms with Crippen LogP contribution in [-0.2, 0) is 0 Å². The third-order valence-corrected chi connectivity index (χ3v) is 14.4. The van der Waals surface area contributed by atoms with Crippen LogP contribution in [0.25, 0.3) is 77.2 Å². The van der Waals surface area contributed by atoms with E-state index in [4.69, 9.17) is 9.47 Å². The molecule has 0 fully saturated rings. The fourth-order valence-electron chi connectivity index (χ4n) is 12.0. The van der Waals surface area contributed by atoms with Crippen LogP contribution >= 0.6 is 0 Å². The lowest BCUT2D eigenvalue weighted by molar-refractivity contribution is 0.450. The zero-order valence-corrected chi connectivity index (χ0v) is 34.4. The molecule has 0 spiro atoms. The summed E-state index contributed by atoms with van der Waals surface area (Å²) in [6.07, 6.45) is 7.54. The average Bonchev–Trinajstić information content (AvgIpc) is 3.87. The highest BCUT2D eigenvalue weighted by Gasteiger charge is 2.47. The molecule has 8 heteroatoms. The number of fused-ring (bicyclic) bond motifs is 16.